The van der Waals surface area contributed by atoms with Crippen molar-refractivity contribution >= 4 is 113 Å². The number of amides is 1. The molecule has 1 amide bonds. The highest BCUT2D eigenvalue weighted by atomic mass is 32.3. The molecule has 65 heavy (non-hydrogen) atoms. The number of carbonyl (C=O) groups is 1. The molecule has 348 valence electrons. The first-order chi connectivity index (χ1) is 30.3. The van der Waals surface area contributed by atoms with Gasteiger partial charge >= 0.3 is 20.8 Å². The molecule has 0 aromatic heterocycles. The molecule has 32 heteroatoms. The number of nitrogen functional groups attached to an aromatic ring is 1. The third-order valence-corrected chi connectivity index (χ3v) is 14.0. The van der Waals surface area contributed by atoms with Crippen LogP contribution in [0.3, 0.4) is 0 Å². The number of anilines is 2. The molecule has 0 aliphatic heterocycles. The molecule has 0 aliphatic carbocycles. The van der Waals surface area contributed by atoms with Crippen molar-refractivity contribution in [2.75, 3.05) is 35.8 Å². The summed E-state index contributed by atoms with van der Waals surface area (Å²) in [6, 6.07) is 16.5. The summed E-state index contributed by atoms with van der Waals surface area (Å²) in [4.78, 5) is 11.3. The summed E-state index contributed by atoms with van der Waals surface area (Å²) in [5, 5.41) is 41.6. The van der Waals surface area contributed by atoms with Gasteiger partial charge in [-0.25, -0.2) is 30.5 Å². The second kappa shape index (κ2) is 20.3. The van der Waals surface area contributed by atoms with Gasteiger partial charge < -0.3 is 16.2 Å². The molecule has 5 rings (SSSR count). The monoisotopic (exact) mass is 1020 g/mol. The third-order valence-electron chi connectivity index (χ3n) is 8.22. The fourth-order valence-electron chi connectivity index (χ4n) is 5.34. The van der Waals surface area contributed by atoms with Gasteiger partial charge in [-0.1, -0.05) is 11.1 Å². The Morgan fingerprint density at radius 1 is 0.677 bits per heavy atom. The quantitative estimate of drug-likeness (QED) is 0.0133. The second-order valence-electron chi connectivity index (χ2n) is 12.6. The molecule has 0 unspecified atom stereocenters. The Bertz CT molecular complexity index is 3260. The lowest BCUT2D eigenvalue weighted by atomic mass is 10.1. The average molecular weight is 1020 g/mol. The van der Waals surface area contributed by atoms with E-state index < -0.39 is 109 Å². The van der Waals surface area contributed by atoms with Gasteiger partial charge in [0.05, 0.1) is 73.9 Å². The lowest BCUT2D eigenvalue weighted by Crippen LogP contribution is -2.16. The largest absolute Gasteiger partial charge is 0.505 e. The molecule has 5 aromatic carbocycles. The number of nitrogens with one attached hydrogen (secondary N) is 1. The highest BCUT2D eigenvalue weighted by molar-refractivity contribution is 7.94. The Labute approximate surface area is 372 Å². The van der Waals surface area contributed by atoms with Gasteiger partial charge in [0.2, 0.25) is 0 Å². The van der Waals surface area contributed by atoms with Crippen molar-refractivity contribution in [2.45, 2.75) is 19.6 Å². The van der Waals surface area contributed by atoms with Crippen molar-refractivity contribution in [3.63, 3.8) is 0 Å². The van der Waals surface area contributed by atoms with Gasteiger partial charge in [0.1, 0.15) is 16.3 Å². The minimum absolute atomic E-state index is 0.000550. The van der Waals surface area contributed by atoms with Crippen LogP contribution in [-0.4, -0.2) is 96.7 Å². The first kappa shape index (κ1) is 50.4. The Morgan fingerprint density at radius 2 is 1.22 bits per heavy atom. The van der Waals surface area contributed by atoms with E-state index in [0.717, 1.165) is 30.3 Å². The fraction of sp³-hybridized carbons (Fsp3) is 0.121. The lowest BCUT2D eigenvalue weighted by molar-refractivity contribution is -0.432. The van der Waals surface area contributed by atoms with Crippen molar-refractivity contribution in [3.05, 3.63) is 90.5 Å². The molecule has 0 spiro atoms. The highest BCUT2D eigenvalue weighted by Gasteiger charge is 2.26. The van der Waals surface area contributed by atoms with Gasteiger partial charge in [0, 0.05) is 11.3 Å². The minimum atomic E-state index is -5.13. The van der Waals surface area contributed by atoms with Crippen LogP contribution >= 0.6 is 12.0 Å². The van der Waals surface area contributed by atoms with Crippen LogP contribution in [0.15, 0.2) is 125 Å². The molecule has 0 atom stereocenters. The van der Waals surface area contributed by atoms with Crippen molar-refractivity contribution in [2.24, 2.45) is 20.5 Å². The van der Waals surface area contributed by atoms with Gasteiger partial charge in [0.25, 0.3) is 16.0 Å². The van der Waals surface area contributed by atoms with E-state index in [0.29, 0.717) is 0 Å². The first-order valence-corrected chi connectivity index (χ1v) is 25.4. The molecular weight excluding hydrogens is 993 g/mol. The SMILES string of the molecule is Nc1c(N=Nc2ccc(C(=O)Nc3cccc(S(=O)(=O)CCOS(=O)(=O)O)c3)cc2)c(S(=O)(=O)O)cc2cc(SOOO)c(N=Nc3ccc(S(=O)(=O)CCOS(=O)(=O)O)cc3)c(O)c12. The number of phenolic OH excluding ortho intramolecular Hbond substituents is 1. The van der Waals surface area contributed by atoms with E-state index in [4.69, 9.17) is 20.1 Å². The van der Waals surface area contributed by atoms with Crippen LogP contribution < -0.4 is 11.1 Å². The number of nitrogens with two attached hydrogens (primary N) is 1. The topological polar surface area (TPSA) is 413 Å². The highest BCUT2D eigenvalue weighted by Crippen LogP contribution is 2.49. The molecule has 0 aliphatic rings. The first-order valence-electron chi connectivity index (χ1n) is 17.2. The zero-order chi connectivity index (χ0) is 48.0. The molecule has 0 heterocycles. The van der Waals surface area contributed by atoms with E-state index in [2.05, 4.69) is 43.5 Å². The van der Waals surface area contributed by atoms with Crippen LogP contribution in [0.25, 0.3) is 10.8 Å². The van der Waals surface area contributed by atoms with Gasteiger partial charge in [-0.15, -0.1) is 14.6 Å². The molecule has 8 N–H and O–H groups in total. The van der Waals surface area contributed by atoms with Gasteiger partial charge in [-0.3, -0.25) is 18.5 Å². The van der Waals surface area contributed by atoms with Crippen molar-refractivity contribution in [3.8, 4) is 5.75 Å². The number of fused-ring (bicyclic) bond motifs is 1. The van der Waals surface area contributed by atoms with Gasteiger partial charge in [-0.05, 0) is 84.2 Å². The number of benzene rings is 5. The summed E-state index contributed by atoms with van der Waals surface area (Å²) in [6.45, 7) is -1.74. The van der Waals surface area contributed by atoms with Crippen molar-refractivity contribution in [1.29, 1.82) is 0 Å². The zero-order valence-corrected chi connectivity index (χ0v) is 37.0. The Kier molecular flexibility index (Phi) is 15.7. The third kappa shape index (κ3) is 13.7. The molecular formula is C33H30N6O20S6. The van der Waals surface area contributed by atoms with E-state index in [-0.39, 0.29) is 60.1 Å². The normalized spacial score (nSPS) is 12.9. The molecule has 26 nitrogen and oxygen atoms in total. The van der Waals surface area contributed by atoms with E-state index in [1.807, 2.05) is 0 Å². The number of carbonyl (C=O) groups excluding carboxylic acids is 1. The van der Waals surface area contributed by atoms with Crippen LogP contribution in [0.2, 0.25) is 0 Å². The molecule has 0 saturated carbocycles. The number of azo groups is 2. The molecule has 0 radical (unpaired) electrons. The van der Waals surface area contributed by atoms with E-state index >= 15 is 0 Å². The predicted molar refractivity (Wildman–Crippen MR) is 225 cm³/mol. The van der Waals surface area contributed by atoms with Crippen molar-refractivity contribution in [1.82, 2.24) is 0 Å². The predicted octanol–water partition coefficient (Wildman–Crippen LogP) is 5.07. The number of sulfone groups is 2. The maximum Gasteiger partial charge on any atom is 0.397 e. The Morgan fingerprint density at radius 3 is 1.75 bits per heavy atom. The number of rotatable bonds is 20. The fourth-order valence-corrected chi connectivity index (χ4v) is 9.53. The number of nitrogens with zero attached hydrogens (tertiary/aromatic N) is 4. The lowest BCUT2D eigenvalue weighted by Gasteiger charge is -2.14. The maximum atomic E-state index is 13.0. The van der Waals surface area contributed by atoms with Crippen molar-refractivity contribution < 1.29 is 88.6 Å². The zero-order valence-electron chi connectivity index (χ0n) is 32.1. The summed E-state index contributed by atoms with van der Waals surface area (Å²) < 4.78 is 158. The molecule has 5 aromatic rings. The number of hydrogen-bond donors (Lipinski definition) is 7. The van der Waals surface area contributed by atoms with Crippen LogP contribution in [-0.2, 0) is 68.3 Å². The van der Waals surface area contributed by atoms with E-state index in [1.54, 1.807) is 0 Å². The minimum Gasteiger partial charge on any atom is -0.505 e. The number of phenols is 1. The summed E-state index contributed by atoms with van der Waals surface area (Å²) in [5.74, 6) is -3.14. The smallest absolute Gasteiger partial charge is 0.397 e. The van der Waals surface area contributed by atoms with Gasteiger partial charge in [-0.2, -0.15) is 35.5 Å². The average Bonchev–Trinajstić information content (AvgIpc) is 3.21. The van der Waals surface area contributed by atoms with Gasteiger partial charge in [0.15, 0.2) is 25.4 Å². The summed E-state index contributed by atoms with van der Waals surface area (Å²) in [7, 11) is -23.1. The standard InChI is InChI=1S/C33H30N6O20S6/c34-29-28-20(16-26(60-59-58-42)30(32(28)40)38-36-22-8-10-24(11-9-22)61(43,44)14-12-56-64(50,51)52)17-27(63(47,48)49)31(29)39-37-21-6-4-19(5-7-21)33(41)35-23-2-1-3-25(18-23)62(45,46)15-13-57-65(53,54)55/h1-11,16-18,40,42H,12-15,34H2,(H,35,41)(H,47,48,49)(H,50,51,52)(H,53,54,55). The number of hydrogen-bond acceptors (Lipinski definition) is 23. The van der Waals surface area contributed by atoms with Crippen LogP contribution in [0, 0.1) is 0 Å². The van der Waals surface area contributed by atoms with Crippen LogP contribution in [0.5, 0.6) is 5.75 Å². The molecule has 0 saturated heterocycles. The maximum absolute atomic E-state index is 13.0. The summed E-state index contributed by atoms with van der Waals surface area (Å²) in [5.41, 5.74) is 4.70. The van der Waals surface area contributed by atoms with E-state index in [1.165, 1.54) is 54.6 Å². The molecule has 0 fully saturated rings. The van der Waals surface area contributed by atoms with E-state index in [9.17, 15) is 56.5 Å². The number of aromatic hydroxyl groups is 1. The van der Waals surface area contributed by atoms with Crippen LogP contribution in [0.4, 0.5) is 34.1 Å². The Hall–Kier alpha value is -5.59. The van der Waals surface area contributed by atoms with Crippen LogP contribution in [0.1, 0.15) is 10.4 Å². The summed E-state index contributed by atoms with van der Waals surface area (Å²) >= 11 is 0.252. The second-order valence-corrected chi connectivity index (χ2v) is 21.1. The molecule has 0 bridgehead atoms. The Balaban J connectivity index is 1.42. The summed E-state index contributed by atoms with van der Waals surface area (Å²) in [6.07, 6.45) is 0.